The maximum absolute atomic E-state index is 13.5. The molecule has 1 N–H and O–H groups in total. The Bertz CT molecular complexity index is 721. The smallest absolute Gasteiger partial charge is 0.260 e. The second-order valence-electron chi connectivity index (χ2n) is 5.96. The zero-order valence-corrected chi connectivity index (χ0v) is 15.7. The van der Waals surface area contributed by atoms with E-state index in [4.69, 9.17) is 4.74 Å². The van der Waals surface area contributed by atoms with Gasteiger partial charge in [0.05, 0.1) is 0 Å². The van der Waals surface area contributed by atoms with Gasteiger partial charge in [0.1, 0.15) is 11.6 Å². The van der Waals surface area contributed by atoms with Crippen molar-refractivity contribution < 1.29 is 13.9 Å². The topological polar surface area (TPSA) is 38.3 Å². The molecule has 1 atom stereocenters. The SMILES string of the molecule is Cc1ccc(O[C@@H](C)C(=O)NCCSCc2ccccc2F)c(C)c1. The van der Waals surface area contributed by atoms with Crippen molar-refractivity contribution in [2.45, 2.75) is 32.6 Å². The van der Waals surface area contributed by atoms with Crippen LogP contribution in [-0.4, -0.2) is 24.3 Å². The van der Waals surface area contributed by atoms with Gasteiger partial charge in [-0.15, -0.1) is 0 Å². The van der Waals surface area contributed by atoms with Crippen LogP contribution >= 0.6 is 11.8 Å². The monoisotopic (exact) mass is 361 g/mol. The molecule has 0 aliphatic carbocycles. The van der Waals surface area contributed by atoms with E-state index in [1.54, 1.807) is 30.8 Å². The minimum absolute atomic E-state index is 0.147. The number of aryl methyl sites for hydroxylation is 2. The number of amides is 1. The van der Waals surface area contributed by atoms with Crippen molar-refractivity contribution in [1.29, 1.82) is 0 Å². The Morgan fingerprint density at radius 2 is 2.00 bits per heavy atom. The normalized spacial score (nSPS) is 11.8. The van der Waals surface area contributed by atoms with Crippen molar-refractivity contribution in [1.82, 2.24) is 5.32 Å². The second kappa shape index (κ2) is 9.47. The Morgan fingerprint density at radius 1 is 1.24 bits per heavy atom. The number of rotatable bonds is 8. The highest BCUT2D eigenvalue weighted by Crippen LogP contribution is 2.20. The summed E-state index contributed by atoms with van der Waals surface area (Å²) in [7, 11) is 0. The molecule has 0 saturated carbocycles. The van der Waals surface area contributed by atoms with Gasteiger partial charge in [-0.2, -0.15) is 11.8 Å². The number of carbonyl (C=O) groups excluding carboxylic acids is 1. The minimum atomic E-state index is -0.557. The van der Waals surface area contributed by atoms with Crippen molar-refractivity contribution >= 4 is 17.7 Å². The van der Waals surface area contributed by atoms with Crippen LogP contribution in [0.2, 0.25) is 0 Å². The fraction of sp³-hybridized carbons (Fsp3) is 0.350. The summed E-state index contributed by atoms with van der Waals surface area (Å²) in [5, 5.41) is 2.86. The van der Waals surface area contributed by atoms with Gasteiger partial charge in [0.15, 0.2) is 6.10 Å². The molecule has 0 aliphatic heterocycles. The molecule has 0 fully saturated rings. The van der Waals surface area contributed by atoms with Crippen LogP contribution in [0.4, 0.5) is 4.39 Å². The first-order valence-corrected chi connectivity index (χ1v) is 9.45. The third-order valence-corrected chi connectivity index (χ3v) is 4.77. The molecular formula is C20H24FNO2S. The Hall–Kier alpha value is -2.01. The van der Waals surface area contributed by atoms with Gasteiger partial charge >= 0.3 is 0 Å². The van der Waals surface area contributed by atoms with E-state index in [0.717, 1.165) is 22.6 Å². The van der Waals surface area contributed by atoms with Gasteiger partial charge in [0.2, 0.25) is 0 Å². The molecule has 3 nitrogen and oxygen atoms in total. The highest BCUT2D eigenvalue weighted by Gasteiger charge is 2.15. The third kappa shape index (κ3) is 6.09. The van der Waals surface area contributed by atoms with Crippen molar-refractivity contribution in [3.63, 3.8) is 0 Å². The van der Waals surface area contributed by atoms with E-state index in [-0.39, 0.29) is 11.7 Å². The first kappa shape index (κ1) is 19.3. The van der Waals surface area contributed by atoms with E-state index in [9.17, 15) is 9.18 Å². The molecule has 0 heterocycles. The first-order chi connectivity index (χ1) is 12.0. The van der Waals surface area contributed by atoms with Crippen LogP contribution < -0.4 is 10.1 Å². The lowest BCUT2D eigenvalue weighted by molar-refractivity contribution is -0.127. The quantitative estimate of drug-likeness (QED) is 0.714. The molecule has 1 amide bonds. The number of carbonyl (C=O) groups is 1. The van der Waals surface area contributed by atoms with Crippen molar-refractivity contribution in [2.24, 2.45) is 0 Å². The summed E-state index contributed by atoms with van der Waals surface area (Å²) in [6.45, 7) is 6.25. The molecular weight excluding hydrogens is 337 g/mol. The molecule has 0 spiro atoms. The minimum Gasteiger partial charge on any atom is -0.481 e. The van der Waals surface area contributed by atoms with Gasteiger partial charge in [0, 0.05) is 18.1 Å². The van der Waals surface area contributed by atoms with E-state index in [1.807, 2.05) is 38.1 Å². The molecule has 5 heteroatoms. The van der Waals surface area contributed by atoms with Gasteiger partial charge in [-0.05, 0) is 44.0 Å². The number of benzene rings is 2. The molecule has 0 saturated heterocycles. The van der Waals surface area contributed by atoms with E-state index in [2.05, 4.69) is 5.32 Å². The molecule has 0 aliphatic rings. The van der Waals surface area contributed by atoms with Crippen molar-refractivity contribution in [3.8, 4) is 5.75 Å². The van der Waals surface area contributed by atoms with Gasteiger partial charge in [-0.1, -0.05) is 35.9 Å². The Morgan fingerprint density at radius 3 is 2.72 bits per heavy atom. The molecule has 0 radical (unpaired) electrons. The highest BCUT2D eigenvalue weighted by molar-refractivity contribution is 7.98. The maximum Gasteiger partial charge on any atom is 0.260 e. The van der Waals surface area contributed by atoms with Crippen LogP contribution in [0.15, 0.2) is 42.5 Å². The average Bonchev–Trinajstić information content (AvgIpc) is 2.58. The summed E-state index contributed by atoms with van der Waals surface area (Å²) in [5.41, 5.74) is 2.86. The predicted molar refractivity (Wildman–Crippen MR) is 102 cm³/mol. The van der Waals surface area contributed by atoms with Gasteiger partial charge in [-0.25, -0.2) is 4.39 Å². The fourth-order valence-corrected chi connectivity index (χ4v) is 3.21. The summed E-state index contributed by atoms with van der Waals surface area (Å²) >= 11 is 1.59. The van der Waals surface area contributed by atoms with E-state index >= 15 is 0 Å². The number of hydrogen-bond acceptors (Lipinski definition) is 3. The van der Waals surface area contributed by atoms with Crippen LogP contribution in [0.3, 0.4) is 0 Å². The zero-order chi connectivity index (χ0) is 18.2. The Labute approximate surface area is 153 Å². The number of halogens is 1. The van der Waals surface area contributed by atoms with E-state index < -0.39 is 6.10 Å². The summed E-state index contributed by atoms with van der Waals surface area (Å²) in [6.07, 6.45) is -0.557. The van der Waals surface area contributed by atoms with Crippen LogP contribution in [-0.2, 0) is 10.5 Å². The number of ether oxygens (including phenoxy) is 1. The lowest BCUT2D eigenvalue weighted by Gasteiger charge is -2.16. The molecule has 2 rings (SSSR count). The van der Waals surface area contributed by atoms with E-state index in [1.165, 1.54) is 6.07 Å². The standard InChI is InChI=1S/C20H24FNO2S/c1-14-8-9-19(15(2)12-14)24-16(3)20(23)22-10-11-25-13-17-6-4-5-7-18(17)21/h4-9,12,16H,10-11,13H2,1-3H3,(H,22,23)/t16-/m0/s1. The largest absolute Gasteiger partial charge is 0.481 e. The summed E-state index contributed by atoms with van der Waals surface area (Å²) < 4.78 is 19.2. The molecule has 2 aromatic rings. The predicted octanol–water partition coefficient (Wildman–Crippen LogP) is 4.26. The molecule has 134 valence electrons. The van der Waals surface area contributed by atoms with Crippen molar-refractivity contribution in [3.05, 3.63) is 65.0 Å². The third-order valence-electron chi connectivity index (χ3n) is 3.76. The number of nitrogens with one attached hydrogen (secondary N) is 1. The fourth-order valence-electron chi connectivity index (χ4n) is 2.36. The Kier molecular flexibility index (Phi) is 7.31. The molecule has 25 heavy (non-hydrogen) atoms. The van der Waals surface area contributed by atoms with Gasteiger partial charge < -0.3 is 10.1 Å². The summed E-state index contributed by atoms with van der Waals surface area (Å²) in [5.74, 6) is 1.70. The summed E-state index contributed by atoms with van der Waals surface area (Å²) in [4.78, 5) is 12.1. The maximum atomic E-state index is 13.5. The van der Waals surface area contributed by atoms with Crippen LogP contribution in [0.5, 0.6) is 5.75 Å². The van der Waals surface area contributed by atoms with E-state index in [0.29, 0.717) is 17.9 Å². The number of thioether (sulfide) groups is 1. The number of hydrogen-bond donors (Lipinski definition) is 1. The molecule has 0 bridgehead atoms. The van der Waals surface area contributed by atoms with Gasteiger partial charge in [0.25, 0.3) is 5.91 Å². The second-order valence-corrected chi connectivity index (χ2v) is 7.07. The lowest BCUT2D eigenvalue weighted by atomic mass is 10.1. The zero-order valence-electron chi connectivity index (χ0n) is 14.8. The molecule has 0 aromatic heterocycles. The average molecular weight is 361 g/mol. The van der Waals surface area contributed by atoms with Gasteiger partial charge in [-0.3, -0.25) is 4.79 Å². The summed E-state index contributed by atoms with van der Waals surface area (Å²) in [6, 6.07) is 12.6. The molecule has 0 unspecified atom stereocenters. The van der Waals surface area contributed by atoms with Crippen molar-refractivity contribution in [2.75, 3.05) is 12.3 Å². The van der Waals surface area contributed by atoms with Crippen LogP contribution in [0.1, 0.15) is 23.6 Å². The van der Waals surface area contributed by atoms with Crippen LogP contribution in [0.25, 0.3) is 0 Å². The first-order valence-electron chi connectivity index (χ1n) is 8.30. The molecule has 2 aromatic carbocycles. The Balaban J connectivity index is 1.70. The van der Waals surface area contributed by atoms with Crippen LogP contribution in [0, 0.1) is 19.7 Å². The highest BCUT2D eigenvalue weighted by atomic mass is 32.2. The lowest BCUT2D eigenvalue weighted by Crippen LogP contribution is -2.37.